The number of rotatable bonds is 5. The van der Waals surface area contributed by atoms with Crippen LogP contribution in [0, 0.1) is 11.6 Å². The molecule has 2 aromatic rings. The first-order valence-corrected chi connectivity index (χ1v) is 9.27. The zero-order chi connectivity index (χ0) is 17.6. The highest BCUT2D eigenvalue weighted by molar-refractivity contribution is 7.99. The van der Waals surface area contributed by atoms with Crippen LogP contribution in [0.5, 0.6) is 0 Å². The van der Waals surface area contributed by atoms with Gasteiger partial charge in [0, 0.05) is 43.2 Å². The Morgan fingerprint density at radius 3 is 2.32 bits per heavy atom. The van der Waals surface area contributed by atoms with E-state index in [4.69, 9.17) is 0 Å². The molecule has 1 saturated heterocycles. The van der Waals surface area contributed by atoms with E-state index in [1.807, 2.05) is 15.9 Å². The number of benzene rings is 2. The fourth-order valence-electron chi connectivity index (χ4n) is 2.85. The van der Waals surface area contributed by atoms with E-state index in [2.05, 4.69) is 0 Å². The summed E-state index contributed by atoms with van der Waals surface area (Å²) in [5.41, 5.74) is 0.599. The van der Waals surface area contributed by atoms with Crippen LogP contribution in [0.1, 0.15) is 6.42 Å². The molecular weight excluding hydrogens is 342 g/mol. The van der Waals surface area contributed by atoms with Gasteiger partial charge in [-0.05, 0) is 36.4 Å². The molecule has 1 amide bonds. The number of carbonyl (C=O) groups excluding carboxylic acids is 1. The van der Waals surface area contributed by atoms with Crippen molar-refractivity contribution in [3.63, 3.8) is 0 Å². The number of amides is 1. The van der Waals surface area contributed by atoms with E-state index in [1.165, 1.54) is 18.2 Å². The summed E-state index contributed by atoms with van der Waals surface area (Å²) in [7, 11) is 0. The van der Waals surface area contributed by atoms with E-state index in [0.29, 0.717) is 44.0 Å². The molecule has 3 nitrogen and oxygen atoms in total. The van der Waals surface area contributed by atoms with Gasteiger partial charge in [-0.2, -0.15) is 0 Å². The molecule has 0 aliphatic carbocycles. The molecule has 1 aliphatic heterocycles. The van der Waals surface area contributed by atoms with Gasteiger partial charge in [0.25, 0.3) is 0 Å². The number of para-hydroxylation sites is 1. The molecule has 25 heavy (non-hydrogen) atoms. The third kappa shape index (κ3) is 4.72. The molecular formula is C19H20F2N2OS. The lowest BCUT2D eigenvalue weighted by Crippen LogP contribution is -2.49. The van der Waals surface area contributed by atoms with E-state index < -0.39 is 0 Å². The minimum absolute atomic E-state index is 0.114. The number of hydrogen-bond acceptors (Lipinski definition) is 3. The Labute approximate surface area is 150 Å². The summed E-state index contributed by atoms with van der Waals surface area (Å²) in [5, 5.41) is 0. The smallest absolute Gasteiger partial charge is 0.223 e. The molecule has 6 heteroatoms. The van der Waals surface area contributed by atoms with Gasteiger partial charge in [0.2, 0.25) is 5.91 Å². The van der Waals surface area contributed by atoms with Gasteiger partial charge in [0.1, 0.15) is 11.6 Å². The second-order valence-electron chi connectivity index (χ2n) is 5.87. The highest BCUT2D eigenvalue weighted by atomic mass is 32.2. The van der Waals surface area contributed by atoms with Gasteiger partial charge in [0.15, 0.2) is 0 Å². The van der Waals surface area contributed by atoms with Gasteiger partial charge >= 0.3 is 0 Å². The van der Waals surface area contributed by atoms with Gasteiger partial charge in [0.05, 0.1) is 5.69 Å². The zero-order valence-corrected chi connectivity index (χ0v) is 14.6. The molecule has 0 aromatic heterocycles. The van der Waals surface area contributed by atoms with E-state index >= 15 is 0 Å². The Kier molecular flexibility index (Phi) is 5.91. The van der Waals surface area contributed by atoms with Crippen molar-refractivity contribution in [3.05, 3.63) is 60.2 Å². The normalized spacial score (nSPS) is 14.6. The van der Waals surface area contributed by atoms with Crippen LogP contribution in [0.15, 0.2) is 53.4 Å². The largest absolute Gasteiger partial charge is 0.366 e. The molecule has 3 rings (SSSR count). The molecule has 0 unspecified atom stereocenters. The van der Waals surface area contributed by atoms with Gasteiger partial charge in [-0.3, -0.25) is 4.79 Å². The van der Waals surface area contributed by atoms with Crippen molar-refractivity contribution in [2.45, 2.75) is 11.3 Å². The van der Waals surface area contributed by atoms with E-state index in [-0.39, 0.29) is 17.5 Å². The van der Waals surface area contributed by atoms with E-state index in [9.17, 15) is 13.6 Å². The summed E-state index contributed by atoms with van der Waals surface area (Å²) in [6.45, 7) is 2.48. The lowest BCUT2D eigenvalue weighted by Gasteiger charge is -2.36. The van der Waals surface area contributed by atoms with Crippen LogP contribution in [0.25, 0.3) is 0 Å². The molecule has 0 radical (unpaired) electrons. The minimum atomic E-state index is -0.256. The second-order valence-corrected chi connectivity index (χ2v) is 7.04. The Morgan fingerprint density at radius 1 is 0.960 bits per heavy atom. The predicted octanol–water partition coefficient (Wildman–Crippen LogP) is 3.80. The molecule has 2 aromatic carbocycles. The van der Waals surface area contributed by atoms with Crippen molar-refractivity contribution in [2.24, 2.45) is 0 Å². The number of anilines is 1. The monoisotopic (exact) mass is 362 g/mol. The summed E-state index contributed by atoms with van der Waals surface area (Å²) in [6.07, 6.45) is 0.446. The molecule has 0 N–H and O–H groups in total. The van der Waals surface area contributed by atoms with Crippen molar-refractivity contribution in [1.82, 2.24) is 4.90 Å². The van der Waals surface area contributed by atoms with Crippen LogP contribution in [-0.2, 0) is 4.79 Å². The highest BCUT2D eigenvalue weighted by Crippen LogP contribution is 2.22. The number of piperazine rings is 1. The maximum absolute atomic E-state index is 13.8. The van der Waals surface area contributed by atoms with Crippen LogP contribution in [-0.4, -0.2) is 42.7 Å². The number of halogens is 2. The first-order valence-electron chi connectivity index (χ1n) is 8.29. The summed E-state index contributed by atoms with van der Waals surface area (Å²) in [5.74, 6) is 0.298. The van der Waals surface area contributed by atoms with Crippen molar-refractivity contribution < 1.29 is 13.6 Å². The van der Waals surface area contributed by atoms with Crippen LogP contribution < -0.4 is 4.90 Å². The van der Waals surface area contributed by atoms with Crippen LogP contribution in [0.4, 0.5) is 14.5 Å². The first-order chi connectivity index (χ1) is 12.1. The minimum Gasteiger partial charge on any atom is -0.366 e. The lowest BCUT2D eigenvalue weighted by atomic mass is 10.2. The number of nitrogens with zero attached hydrogens (tertiary/aromatic N) is 2. The Balaban J connectivity index is 1.44. The summed E-state index contributed by atoms with van der Waals surface area (Å²) in [6, 6.07) is 13.0. The van der Waals surface area contributed by atoms with Crippen molar-refractivity contribution in [2.75, 3.05) is 36.8 Å². The Hall–Kier alpha value is -2.08. The Morgan fingerprint density at radius 2 is 1.64 bits per heavy atom. The van der Waals surface area contributed by atoms with Crippen LogP contribution in [0.2, 0.25) is 0 Å². The highest BCUT2D eigenvalue weighted by Gasteiger charge is 2.22. The molecule has 0 saturated carbocycles. The molecule has 1 aliphatic rings. The Bertz CT molecular complexity index is 716. The average molecular weight is 362 g/mol. The number of thioether (sulfide) groups is 1. The molecule has 132 valence electrons. The fourth-order valence-corrected chi connectivity index (χ4v) is 3.69. The van der Waals surface area contributed by atoms with Crippen LogP contribution >= 0.6 is 11.8 Å². The topological polar surface area (TPSA) is 23.6 Å². The maximum Gasteiger partial charge on any atom is 0.223 e. The third-order valence-corrected chi connectivity index (χ3v) is 5.24. The predicted molar refractivity (Wildman–Crippen MR) is 96.9 cm³/mol. The third-order valence-electron chi connectivity index (χ3n) is 4.22. The van der Waals surface area contributed by atoms with Crippen molar-refractivity contribution >= 4 is 23.4 Å². The molecule has 0 spiro atoms. The maximum atomic E-state index is 13.8. The number of carbonyl (C=O) groups is 1. The van der Waals surface area contributed by atoms with Crippen molar-refractivity contribution in [1.29, 1.82) is 0 Å². The van der Waals surface area contributed by atoms with Gasteiger partial charge in [-0.1, -0.05) is 12.1 Å². The molecule has 1 heterocycles. The average Bonchev–Trinajstić information content (AvgIpc) is 2.64. The number of hydrogen-bond donors (Lipinski definition) is 0. The van der Waals surface area contributed by atoms with E-state index in [0.717, 1.165) is 4.90 Å². The van der Waals surface area contributed by atoms with Crippen LogP contribution in [0.3, 0.4) is 0 Å². The summed E-state index contributed by atoms with van der Waals surface area (Å²) >= 11 is 1.55. The fraction of sp³-hybridized carbons (Fsp3) is 0.316. The molecule has 1 fully saturated rings. The lowest BCUT2D eigenvalue weighted by molar-refractivity contribution is -0.131. The molecule has 0 atom stereocenters. The second kappa shape index (κ2) is 8.34. The van der Waals surface area contributed by atoms with Crippen molar-refractivity contribution in [3.8, 4) is 0 Å². The van der Waals surface area contributed by atoms with Gasteiger partial charge < -0.3 is 9.80 Å². The first kappa shape index (κ1) is 17.7. The van der Waals surface area contributed by atoms with Gasteiger partial charge in [-0.15, -0.1) is 11.8 Å². The van der Waals surface area contributed by atoms with E-state index in [1.54, 1.807) is 36.0 Å². The van der Waals surface area contributed by atoms with Gasteiger partial charge in [-0.25, -0.2) is 8.78 Å². The zero-order valence-electron chi connectivity index (χ0n) is 13.8. The standard InChI is InChI=1S/C19H20F2N2OS/c20-15-5-7-16(8-6-15)25-14-9-19(24)23-12-10-22(11-13-23)18-4-2-1-3-17(18)21/h1-8H,9-14H2. The SMILES string of the molecule is O=C(CCSc1ccc(F)cc1)N1CCN(c2ccccc2F)CC1. The molecule has 0 bridgehead atoms. The summed E-state index contributed by atoms with van der Waals surface area (Å²) < 4.78 is 26.7. The summed E-state index contributed by atoms with van der Waals surface area (Å²) in [4.78, 5) is 17.1. The quantitative estimate of drug-likeness (QED) is 0.756.